The molecular formula is C18H23N3O2. The number of benzene rings is 2. The van der Waals surface area contributed by atoms with E-state index in [-0.39, 0.29) is 0 Å². The maximum atomic E-state index is 5.95. The van der Waals surface area contributed by atoms with Gasteiger partial charge in [-0.05, 0) is 36.2 Å². The maximum absolute atomic E-state index is 5.95. The van der Waals surface area contributed by atoms with Crippen molar-refractivity contribution in [3.8, 4) is 11.5 Å². The van der Waals surface area contributed by atoms with E-state index in [1.165, 1.54) is 5.56 Å². The lowest BCUT2D eigenvalue weighted by atomic mass is 10.1. The maximum Gasteiger partial charge on any atom is 0.193 e. The minimum absolute atomic E-state index is 0.368. The van der Waals surface area contributed by atoms with E-state index in [0.29, 0.717) is 12.5 Å². The summed E-state index contributed by atoms with van der Waals surface area (Å²) in [5.74, 6) is 1.84. The molecule has 2 rings (SSSR count). The predicted molar refractivity (Wildman–Crippen MR) is 94.3 cm³/mol. The van der Waals surface area contributed by atoms with Crippen LogP contribution in [0.4, 0.5) is 5.69 Å². The molecule has 2 aromatic carbocycles. The van der Waals surface area contributed by atoms with Crippen molar-refractivity contribution in [3.05, 3.63) is 53.6 Å². The SMILES string of the molecule is CCc1ccc(NC(N)=NCc2ccc(OC)cc2OC)cc1. The molecule has 0 aliphatic carbocycles. The van der Waals surface area contributed by atoms with Gasteiger partial charge in [0.2, 0.25) is 0 Å². The van der Waals surface area contributed by atoms with Crippen LogP contribution in [0.1, 0.15) is 18.1 Å². The highest BCUT2D eigenvalue weighted by atomic mass is 16.5. The highest BCUT2D eigenvalue weighted by Crippen LogP contribution is 2.25. The van der Waals surface area contributed by atoms with Crippen molar-refractivity contribution in [1.29, 1.82) is 0 Å². The molecule has 0 heterocycles. The van der Waals surface area contributed by atoms with Crippen molar-refractivity contribution in [2.75, 3.05) is 19.5 Å². The van der Waals surface area contributed by atoms with Gasteiger partial charge in [0.15, 0.2) is 5.96 Å². The molecule has 0 aromatic heterocycles. The van der Waals surface area contributed by atoms with E-state index in [1.54, 1.807) is 14.2 Å². The van der Waals surface area contributed by atoms with E-state index in [2.05, 4.69) is 29.4 Å². The summed E-state index contributed by atoms with van der Waals surface area (Å²) >= 11 is 0. The van der Waals surface area contributed by atoms with Gasteiger partial charge >= 0.3 is 0 Å². The third-order valence-corrected chi connectivity index (χ3v) is 3.55. The third kappa shape index (κ3) is 4.64. The number of aliphatic imine (C=N–C) groups is 1. The van der Waals surface area contributed by atoms with Crippen molar-refractivity contribution in [2.24, 2.45) is 10.7 Å². The Morgan fingerprint density at radius 2 is 1.83 bits per heavy atom. The lowest BCUT2D eigenvalue weighted by molar-refractivity contribution is 0.391. The number of nitrogens with one attached hydrogen (secondary N) is 1. The van der Waals surface area contributed by atoms with Crippen LogP contribution < -0.4 is 20.5 Å². The second-order valence-electron chi connectivity index (χ2n) is 5.05. The smallest absolute Gasteiger partial charge is 0.193 e. The Bertz CT molecular complexity index is 666. The van der Waals surface area contributed by atoms with Crippen LogP contribution >= 0.6 is 0 Å². The second kappa shape index (κ2) is 8.08. The Morgan fingerprint density at radius 3 is 2.43 bits per heavy atom. The van der Waals surface area contributed by atoms with E-state index >= 15 is 0 Å². The number of aryl methyl sites for hydroxylation is 1. The summed E-state index contributed by atoms with van der Waals surface area (Å²) < 4.78 is 10.5. The molecule has 0 atom stereocenters. The van der Waals surface area contributed by atoms with Crippen LogP contribution in [0.5, 0.6) is 11.5 Å². The molecule has 5 nitrogen and oxygen atoms in total. The first kappa shape index (κ1) is 16.7. The van der Waals surface area contributed by atoms with Crippen molar-refractivity contribution in [1.82, 2.24) is 0 Å². The topological polar surface area (TPSA) is 68.9 Å². The van der Waals surface area contributed by atoms with Gasteiger partial charge in [-0.15, -0.1) is 0 Å². The average Bonchev–Trinajstić information content (AvgIpc) is 2.60. The van der Waals surface area contributed by atoms with Gasteiger partial charge in [0.25, 0.3) is 0 Å². The molecular weight excluding hydrogens is 290 g/mol. The highest BCUT2D eigenvalue weighted by molar-refractivity contribution is 5.92. The van der Waals surface area contributed by atoms with Crippen molar-refractivity contribution >= 4 is 11.6 Å². The first-order valence-electron chi connectivity index (χ1n) is 7.53. The summed E-state index contributed by atoms with van der Waals surface area (Å²) in [4.78, 5) is 4.36. The number of methoxy groups -OCH3 is 2. The molecule has 3 N–H and O–H groups in total. The Morgan fingerprint density at radius 1 is 1.09 bits per heavy atom. The van der Waals surface area contributed by atoms with Crippen molar-refractivity contribution in [2.45, 2.75) is 19.9 Å². The number of nitrogens with two attached hydrogens (primary N) is 1. The Hall–Kier alpha value is -2.69. The van der Waals surface area contributed by atoms with Crippen LogP contribution in [0.15, 0.2) is 47.5 Å². The largest absolute Gasteiger partial charge is 0.497 e. The highest BCUT2D eigenvalue weighted by Gasteiger charge is 2.05. The van der Waals surface area contributed by atoms with Crippen LogP contribution in [-0.2, 0) is 13.0 Å². The standard InChI is InChI=1S/C18H23N3O2/c1-4-13-5-8-15(9-6-13)21-18(19)20-12-14-7-10-16(22-2)11-17(14)23-3/h5-11H,4,12H2,1-3H3,(H3,19,20,21). The molecule has 0 amide bonds. The molecule has 0 unspecified atom stereocenters. The molecule has 0 fully saturated rings. The molecule has 0 radical (unpaired) electrons. The van der Waals surface area contributed by atoms with Crippen LogP contribution in [0.3, 0.4) is 0 Å². The minimum Gasteiger partial charge on any atom is -0.497 e. The van der Waals surface area contributed by atoms with Crippen molar-refractivity contribution in [3.63, 3.8) is 0 Å². The molecule has 23 heavy (non-hydrogen) atoms. The summed E-state index contributed by atoms with van der Waals surface area (Å²) in [6.07, 6.45) is 1.01. The van der Waals surface area contributed by atoms with E-state index in [0.717, 1.165) is 29.2 Å². The van der Waals surface area contributed by atoms with Gasteiger partial charge in [0.1, 0.15) is 11.5 Å². The zero-order valence-electron chi connectivity index (χ0n) is 13.8. The number of guanidine groups is 1. The van der Waals surface area contributed by atoms with Gasteiger partial charge in [-0.2, -0.15) is 0 Å². The van der Waals surface area contributed by atoms with Gasteiger partial charge < -0.3 is 20.5 Å². The average molecular weight is 313 g/mol. The fourth-order valence-corrected chi connectivity index (χ4v) is 2.16. The first-order valence-corrected chi connectivity index (χ1v) is 7.53. The number of hydrogen-bond donors (Lipinski definition) is 2. The molecule has 122 valence electrons. The normalized spacial score (nSPS) is 11.2. The second-order valence-corrected chi connectivity index (χ2v) is 5.05. The zero-order valence-corrected chi connectivity index (χ0v) is 13.8. The third-order valence-electron chi connectivity index (χ3n) is 3.55. The molecule has 0 spiro atoms. The van der Waals surface area contributed by atoms with E-state index < -0.39 is 0 Å². The fraction of sp³-hybridized carbons (Fsp3) is 0.278. The van der Waals surface area contributed by atoms with Gasteiger partial charge in [-0.1, -0.05) is 19.1 Å². The van der Waals surface area contributed by atoms with E-state index in [1.807, 2.05) is 30.3 Å². The number of hydrogen-bond acceptors (Lipinski definition) is 3. The first-order chi connectivity index (χ1) is 11.2. The molecule has 0 aliphatic heterocycles. The molecule has 2 aromatic rings. The molecule has 5 heteroatoms. The quantitative estimate of drug-likeness (QED) is 0.635. The number of rotatable bonds is 6. The van der Waals surface area contributed by atoms with Crippen LogP contribution in [0.2, 0.25) is 0 Å². The lowest BCUT2D eigenvalue weighted by Gasteiger charge is -2.10. The molecule has 0 bridgehead atoms. The zero-order chi connectivity index (χ0) is 16.7. The molecule has 0 saturated heterocycles. The van der Waals surface area contributed by atoms with Gasteiger partial charge in [-0.25, -0.2) is 4.99 Å². The summed E-state index contributed by atoms with van der Waals surface area (Å²) in [5.41, 5.74) is 9.10. The van der Waals surface area contributed by atoms with Gasteiger partial charge in [0.05, 0.1) is 20.8 Å². The fourth-order valence-electron chi connectivity index (χ4n) is 2.16. The van der Waals surface area contributed by atoms with Gasteiger partial charge in [-0.3, -0.25) is 0 Å². The Kier molecular flexibility index (Phi) is 5.86. The Labute approximate surface area is 137 Å². The molecule has 0 saturated carbocycles. The number of anilines is 1. The number of nitrogens with zero attached hydrogens (tertiary/aromatic N) is 1. The monoisotopic (exact) mass is 313 g/mol. The van der Waals surface area contributed by atoms with E-state index in [4.69, 9.17) is 15.2 Å². The predicted octanol–water partition coefficient (Wildman–Crippen LogP) is 3.19. The van der Waals surface area contributed by atoms with Crippen LogP contribution in [-0.4, -0.2) is 20.2 Å². The summed E-state index contributed by atoms with van der Waals surface area (Å²) in [6.45, 7) is 2.56. The summed E-state index contributed by atoms with van der Waals surface area (Å²) in [7, 11) is 3.25. The Balaban J connectivity index is 2.03. The van der Waals surface area contributed by atoms with E-state index in [9.17, 15) is 0 Å². The molecule has 0 aliphatic rings. The van der Waals surface area contributed by atoms with Crippen LogP contribution in [0, 0.1) is 0 Å². The number of ether oxygens (including phenoxy) is 2. The lowest BCUT2D eigenvalue weighted by Crippen LogP contribution is -2.22. The summed E-state index contributed by atoms with van der Waals surface area (Å²) in [5, 5.41) is 3.09. The van der Waals surface area contributed by atoms with Gasteiger partial charge in [0, 0.05) is 17.3 Å². The summed E-state index contributed by atoms with van der Waals surface area (Å²) in [6, 6.07) is 13.8. The van der Waals surface area contributed by atoms with Crippen LogP contribution in [0.25, 0.3) is 0 Å². The van der Waals surface area contributed by atoms with Crippen molar-refractivity contribution < 1.29 is 9.47 Å². The minimum atomic E-state index is 0.368.